The van der Waals surface area contributed by atoms with Crippen LogP contribution in [-0.2, 0) is 11.3 Å². The van der Waals surface area contributed by atoms with Crippen molar-refractivity contribution in [3.63, 3.8) is 0 Å². The molecule has 1 atom stereocenters. The van der Waals surface area contributed by atoms with E-state index in [-0.39, 0.29) is 17.6 Å². The van der Waals surface area contributed by atoms with Crippen molar-refractivity contribution in [1.82, 2.24) is 14.8 Å². The summed E-state index contributed by atoms with van der Waals surface area (Å²) in [5.74, 6) is -0.911. The van der Waals surface area contributed by atoms with Gasteiger partial charge in [-0.05, 0) is 18.2 Å². The first-order valence-electron chi connectivity index (χ1n) is 6.63. The number of hydrogen-bond acceptors (Lipinski definition) is 2. The van der Waals surface area contributed by atoms with Gasteiger partial charge in [-0.3, -0.25) is 9.48 Å². The first-order valence-corrected chi connectivity index (χ1v) is 6.63. The lowest BCUT2D eigenvalue weighted by Gasteiger charge is -2.06. The van der Waals surface area contributed by atoms with Crippen LogP contribution in [0.3, 0.4) is 0 Å². The minimum Gasteiger partial charge on any atom is -0.369 e. The van der Waals surface area contributed by atoms with Crippen LogP contribution in [0.15, 0.2) is 36.8 Å². The van der Waals surface area contributed by atoms with Crippen LogP contribution < -0.4 is 5.73 Å². The first kappa shape index (κ1) is 13.4. The maximum Gasteiger partial charge on any atom is 0.222 e. The lowest BCUT2D eigenvalue weighted by Crippen LogP contribution is -2.24. The number of hydrogen-bond donors (Lipinski definition) is 2. The van der Waals surface area contributed by atoms with E-state index in [0.29, 0.717) is 6.54 Å². The average molecular weight is 286 g/mol. The quantitative estimate of drug-likeness (QED) is 0.772. The van der Waals surface area contributed by atoms with Gasteiger partial charge in [0.15, 0.2) is 0 Å². The molecule has 0 saturated carbocycles. The molecule has 108 valence electrons. The molecule has 0 aliphatic rings. The van der Waals surface area contributed by atoms with E-state index in [4.69, 9.17) is 5.73 Å². The Kier molecular flexibility index (Phi) is 3.21. The molecular formula is C15H15FN4O. The van der Waals surface area contributed by atoms with E-state index in [0.717, 1.165) is 22.0 Å². The third-order valence-corrected chi connectivity index (χ3v) is 3.53. The molecule has 1 amide bonds. The van der Waals surface area contributed by atoms with Crippen molar-refractivity contribution < 1.29 is 9.18 Å². The molecule has 2 aromatic heterocycles. The number of carbonyl (C=O) groups is 1. The zero-order valence-corrected chi connectivity index (χ0v) is 11.5. The third kappa shape index (κ3) is 2.52. The number of rotatable bonds is 4. The molecule has 0 spiro atoms. The second-order valence-corrected chi connectivity index (χ2v) is 5.15. The molecule has 1 aromatic carbocycles. The van der Waals surface area contributed by atoms with E-state index in [2.05, 4.69) is 10.1 Å². The number of H-pyrrole nitrogens is 1. The zero-order chi connectivity index (χ0) is 15.0. The van der Waals surface area contributed by atoms with E-state index >= 15 is 0 Å². The van der Waals surface area contributed by atoms with Crippen LogP contribution in [0, 0.1) is 11.7 Å². The fourth-order valence-electron chi connectivity index (χ4n) is 2.31. The maximum atomic E-state index is 13.2. The number of aromatic amines is 1. The van der Waals surface area contributed by atoms with E-state index < -0.39 is 0 Å². The fourth-order valence-corrected chi connectivity index (χ4v) is 2.31. The van der Waals surface area contributed by atoms with Crippen LogP contribution in [0.4, 0.5) is 4.39 Å². The van der Waals surface area contributed by atoms with Gasteiger partial charge in [-0.1, -0.05) is 6.92 Å². The lowest BCUT2D eigenvalue weighted by atomic mass is 10.1. The maximum absolute atomic E-state index is 13.2. The monoisotopic (exact) mass is 286 g/mol. The SMILES string of the molecule is CC(Cn1cc(-c2c[nH]c3cc(F)ccc23)cn1)C(N)=O. The molecule has 0 bridgehead atoms. The summed E-state index contributed by atoms with van der Waals surface area (Å²) in [4.78, 5) is 14.1. The van der Waals surface area contributed by atoms with Crippen LogP contribution in [0.25, 0.3) is 22.0 Å². The highest BCUT2D eigenvalue weighted by Gasteiger charge is 2.12. The van der Waals surface area contributed by atoms with E-state index in [1.165, 1.54) is 12.1 Å². The first-order chi connectivity index (χ1) is 10.0. The molecule has 0 aliphatic carbocycles. The number of fused-ring (bicyclic) bond motifs is 1. The van der Waals surface area contributed by atoms with Gasteiger partial charge in [0, 0.05) is 34.4 Å². The summed E-state index contributed by atoms with van der Waals surface area (Å²) in [6.45, 7) is 2.20. The van der Waals surface area contributed by atoms with Gasteiger partial charge in [0.2, 0.25) is 5.91 Å². The number of benzene rings is 1. The summed E-state index contributed by atoms with van der Waals surface area (Å²) >= 11 is 0. The Bertz CT molecular complexity index is 805. The normalized spacial score (nSPS) is 12.7. The molecule has 3 rings (SSSR count). The molecule has 21 heavy (non-hydrogen) atoms. The van der Waals surface area contributed by atoms with Crippen molar-refractivity contribution in [3.05, 3.63) is 42.6 Å². The van der Waals surface area contributed by atoms with Crippen LogP contribution in [0.1, 0.15) is 6.92 Å². The standard InChI is InChI=1S/C15H15FN4O/c1-9(15(17)21)7-20-8-10(5-19-20)13-6-18-14-4-11(16)2-3-12(13)14/h2-6,8-9,18H,7H2,1H3,(H2,17,21). The lowest BCUT2D eigenvalue weighted by molar-refractivity contribution is -0.121. The molecule has 5 nitrogen and oxygen atoms in total. The van der Waals surface area contributed by atoms with Crippen molar-refractivity contribution in [1.29, 1.82) is 0 Å². The summed E-state index contributed by atoms with van der Waals surface area (Å²) < 4.78 is 14.9. The summed E-state index contributed by atoms with van der Waals surface area (Å²) in [5, 5.41) is 5.17. The van der Waals surface area contributed by atoms with Gasteiger partial charge >= 0.3 is 0 Å². The smallest absolute Gasteiger partial charge is 0.222 e. The Hall–Kier alpha value is -2.63. The van der Waals surface area contributed by atoms with Crippen molar-refractivity contribution in [2.45, 2.75) is 13.5 Å². The van der Waals surface area contributed by atoms with Crippen molar-refractivity contribution >= 4 is 16.8 Å². The Labute approximate surface area is 120 Å². The van der Waals surface area contributed by atoms with E-state index in [1.807, 2.05) is 12.4 Å². The summed E-state index contributed by atoms with van der Waals surface area (Å²) in [5.41, 5.74) is 7.85. The Balaban J connectivity index is 1.93. The predicted octanol–water partition coefficient (Wildman–Crippen LogP) is 2.29. The average Bonchev–Trinajstić information content (AvgIpc) is 3.04. The minimum absolute atomic E-state index is 0.276. The largest absolute Gasteiger partial charge is 0.369 e. The van der Waals surface area contributed by atoms with Crippen LogP contribution in [0.5, 0.6) is 0 Å². The molecule has 0 aliphatic heterocycles. The second kappa shape index (κ2) is 5.05. The molecule has 2 heterocycles. The van der Waals surface area contributed by atoms with Gasteiger partial charge in [-0.2, -0.15) is 5.10 Å². The number of carbonyl (C=O) groups excluding carboxylic acids is 1. The van der Waals surface area contributed by atoms with Crippen molar-refractivity contribution in [2.24, 2.45) is 11.7 Å². The number of halogens is 1. The van der Waals surface area contributed by atoms with Crippen molar-refractivity contribution in [3.8, 4) is 11.1 Å². The second-order valence-electron chi connectivity index (χ2n) is 5.15. The Morgan fingerprint density at radius 2 is 2.33 bits per heavy atom. The molecule has 0 fully saturated rings. The molecule has 3 aromatic rings. The topological polar surface area (TPSA) is 76.7 Å². The number of nitrogens with zero attached hydrogens (tertiary/aromatic N) is 2. The number of nitrogens with one attached hydrogen (secondary N) is 1. The fraction of sp³-hybridized carbons (Fsp3) is 0.200. The number of nitrogens with two attached hydrogens (primary N) is 1. The Morgan fingerprint density at radius 1 is 1.52 bits per heavy atom. The van der Waals surface area contributed by atoms with Crippen LogP contribution in [-0.4, -0.2) is 20.7 Å². The number of amides is 1. The van der Waals surface area contributed by atoms with Gasteiger partial charge in [0.05, 0.1) is 18.7 Å². The molecule has 6 heteroatoms. The van der Waals surface area contributed by atoms with Gasteiger partial charge in [0.1, 0.15) is 5.82 Å². The third-order valence-electron chi connectivity index (χ3n) is 3.53. The molecule has 1 unspecified atom stereocenters. The van der Waals surface area contributed by atoms with Crippen LogP contribution >= 0.6 is 0 Å². The Morgan fingerprint density at radius 3 is 3.10 bits per heavy atom. The molecule has 3 N–H and O–H groups in total. The number of aromatic nitrogens is 3. The highest BCUT2D eigenvalue weighted by atomic mass is 19.1. The van der Waals surface area contributed by atoms with Gasteiger partial charge in [0.25, 0.3) is 0 Å². The highest BCUT2D eigenvalue weighted by molar-refractivity contribution is 5.95. The zero-order valence-electron chi connectivity index (χ0n) is 11.5. The summed E-state index contributed by atoms with van der Waals surface area (Å²) in [6, 6.07) is 4.62. The van der Waals surface area contributed by atoms with Gasteiger partial charge < -0.3 is 10.7 Å². The van der Waals surface area contributed by atoms with E-state index in [9.17, 15) is 9.18 Å². The van der Waals surface area contributed by atoms with Gasteiger partial charge in [-0.25, -0.2) is 4.39 Å². The van der Waals surface area contributed by atoms with E-state index in [1.54, 1.807) is 23.9 Å². The van der Waals surface area contributed by atoms with Crippen LogP contribution in [0.2, 0.25) is 0 Å². The molecule has 0 radical (unpaired) electrons. The van der Waals surface area contributed by atoms with Gasteiger partial charge in [-0.15, -0.1) is 0 Å². The highest BCUT2D eigenvalue weighted by Crippen LogP contribution is 2.28. The molecular weight excluding hydrogens is 271 g/mol. The minimum atomic E-state index is -0.352. The summed E-state index contributed by atoms with van der Waals surface area (Å²) in [6.07, 6.45) is 5.40. The molecule has 0 saturated heterocycles. The van der Waals surface area contributed by atoms with Crippen molar-refractivity contribution in [2.75, 3.05) is 0 Å². The summed E-state index contributed by atoms with van der Waals surface area (Å²) in [7, 11) is 0. The number of primary amides is 1. The predicted molar refractivity (Wildman–Crippen MR) is 77.8 cm³/mol.